The zero-order valence-corrected chi connectivity index (χ0v) is 24.1. The number of nitrogens with one attached hydrogen (secondary N) is 2. The molecule has 1 saturated heterocycles. The maximum absolute atomic E-state index is 13.8. The summed E-state index contributed by atoms with van der Waals surface area (Å²) in [7, 11) is 0. The Hall–Kier alpha value is -4.36. The maximum Gasteiger partial charge on any atom is 0.249 e. The Labute approximate surface area is 250 Å². The summed E-state index contributed by atoms with van der Waals surface area (Å²) in [6.07, 6.45) is 1.08. The molecule has 3 amide bonds. The van der Waals surface area contributed by atoms with Crippen molar-refractivity contribution in [2.45, 2.75) is 69.2 Å². The fourth-order valence-corrected chi connectivity index (χ4v) is 5.00. The highest BCUT2D eigenvalue weighted by Gasteiger charge is 2.38. The minimum atomic E-state index is -1.45. The fourth-order valence-electron chi connectivity index (χ4n) is 5.00. The van der Waals surface area contributed by atoms with Crippen LogP contribution < -0.4 is 22.1 Å². The molecular weight excluding hydrogens is 556 g/mol. The number of rotatable bonds is 15. The van der Waals surface area contributed by atoms with Gasteiger partial charge in [0, 0.05) is 19.5 Å². The van der Waals surface area contributed by atoms with E-state index in [0.29, 0.717) is 50.8 Å². The minimum absolute atomic E-state index is 0.0224. The molecule has 0 bridgehead atoms. The highest BCUT2D eigenvalue weighted by molar-refractivity contribution is 5.93. The van der Waals surface area contributed by atoms with Gasteiger partial charge in [0.15, 0.2) is 5.96 Å². The number of likely N-dealkylation sites (tertiary alicyclic amines) is 1. The van der Waals surface area contributed by atoms with Gasteiger partial charge in [-0.15, -0.1) is 0 Å². The normalized spacial score (nSPS) is 16.6. The minimum Gasteiger partial charge on any atom is -0.508 e. The van der Waals surface area contributed by atoms with Crippen molar-refractivity contribution >= 4 is 23.7 Å². The Balaban J connectivity index is 1.69. The van der Waals surface area contributed by atoms with Crippen LogP contribution in [0, 0.1) is 0 Å². The highest BCUT2D eigenvalue weighted by Crippen LogP contribution is 2.21. The van der Waals surface area contributed by atoms with Crippen LogP contribution in [0.4, 0.5) is 0 Å². The largest absolute Gasteiger partial charge is 0.508 e. The average molecular weight is 599 g/mol. The molecule has 13 heteroatoms. The molecule has 1 fully saturated rings. The van der Waals surface area contributed by atoms with E-state index in [9.17, 15) is 34.8 Å². The predicted octanol–water partition coefficient (Wildman–Crippen LogP) is -0.359. The second-order valence-electron chi connectivity index (χ2n) is 10.7. The summed E-state index contributed by atoms with van der Waals surface area (Å²) < 4.78 is 0. The smallest absolute Gasteiger partial charge is 0.249 e. The molecule has 2 unspecified atom stereocenters. The van der Waals surface area contributed by atoms with E-state index in [-0.39, 0.29) is 36.9 Å². The summed E-state index contributed by atoms with van der Waals surface area (Å²) in [5.41, 5.74) is 12.1. The number of guanidine groups is 1. The summed E-state index contributed by atoms with van der Waals surface area (Å²) in [6.45, 7) is 0.370. The number of amides is 3. The van der Waals surface area contributed by atoms with Crippen molar-refractivity contribution in [2.75, 3.05) is 19.7 Å². The summed E-state index contributed by atoms with van der Waals surface area (Å²) in [5, 5.41) is 45.0. The third kappa shape index (κ3) is 10.5. The number of benzene rings is 2. The Morgan fingerprint density at radius 1 is 0.953 bits per heavy atom. The number of phenolic OH excluding ortho intramolecular Hbond substituents is 2. The number of carbonyl (C=O) groups is 3. The van der Waals surface area contributed by atoms with Gasteiger partial charge in [0.05, 0.1) is 12.6 Å². The van der Waals surface area contributed by atoms with Gasteiger partial charge in [-0.3, -0.25) is 19.4 Å². The lowest BCUT2D eigenvalue weighted by Gasteiger charge is -2.30. The first-order chi connectivity index (χ1) is 20.6. The Morgan fingerprint density at radius 3 is 2.19 bits per heavy atom. The molecule has 0 radical (unpaired) electrons. The zero-order valence-electron chi connectivity index (χ0n) is 24.1. The lowest BCUT2D eigenvalue weighted by molar-refractivity contribution is -0.143. The van der Waals surface area contributed by atoms with E-state index in [1.807, 2.05) is 0 Å². The number of aliphatic hydroxyl groups is 2. The number of nitrogens with zero attached hydrogens (tertiary/aromatic N) is 2. The molecule has 0 aromatic heterocycles. The molecule has 1 aliphatic rings. The van der Waals surface area contributed by atoms with Gasteiger partial charge in [-0.05, 0) is 73.9 Å². The molecule has 0 saturated carbocycles. The molecule has 1 aliphatic heterocycles. The third-order valence-electron chi connectivity index (χ3n) is 7.35. The molecule has 3 rings (SSSR count). The van der Waals surface area contributed by atoms with E-state index < -0.39 is 42.0 Å². The van der Waals surface area contributed by atoms with E-state index in [4.69, 9.17) is 11.5 Å². The van der Waals surface area contributed by atoms with Gasteiger partial charge in [-0.25, -0.2) is 0 Å². The number of hydrogen-bond donors (Lipinski definition) is 8. The summed E-state index contributed by atoms with van der Waals surface area (Å²) in [4.78, 5) is 45.4. The van der Waals surface area contributed by atoms with Crippen molar-refractivity contribution in [3.63, 3.8) is 0 Å². The van der Waals surface area contributed by atoms with Crippen LogP contribution in [0.25, 0.3) is 0 Å². The van der Waals surface area contributed by atoms with E-state index in [0.717, 1.165) is 5.56 Å². The van der Waals surface area contributed by atoms with E-state index >= 15 is 0 Å². The van der Waals surface area contributed by atoms with Crippen LogP contribution in [-0.4, -0.2) is 92.9 Å². The molecule has 2 aromatic rings. The number of carbonyl (C=O) groups excluding carboxylic acids is 3. The van der Waals surface area contributed by atoms with Gasteiger partial charge >= 0.3 is 0 Å². The van der Waals surface area contributed by atoms with Crippen molar-refractivity contribution in [1.29, 1.82) is 0 Å². The van der Waals surface area contributed by atoms with Gasteiger partial charge < -0.3 is 47.4 Å². The molecule has 10 N–H and O–H groups in total. The molecule has 0 aliphatic carbocycles. The van der Waals surface area contributed by atoms with Crippen molar-refractivity contribution in [1.82, 2.24) is 15.5 Å². The quantitative estimate of drug-likeness (QED) is 0.0760. The monoisotopic (exact) mass is 598 g/mol. The van der Waals surface area contributed by atoms with Gasteiger partial charge in [-0.2, -0.15) is 0 Å². The standard InChI is InChI=1S/C30H42N6O7/c31-30(32)33-15-1-3-21(18-37)34-27(41)25-4-2-16-36(25)29(43)24(14-9-19-5-10-22(38)11-6-19)35-28(42)26(40)17-20-7-12-23(39)13-8-20/h5-8,10-13,21,24-26,37-40H,1-4,9,14-18H2,(H,34,41)(H,35,42)(H4,31,32,33)/t21?,24-,25?,26+/m0/s1. The van der Waals surface area contributed by atoms with Crippen LogP contribution in [0.15, 0.2) is 53.5 Å². The number of aliphatic imine (C=N–C) groups is 1. The van der Waals surface area contributed by atoms with Crippen molar-refractivity contribution < 1.29 is 34.8 Å². The van der Waals surface area contributed by atoms with Crippen LogP contribution in [0.1, 0.15) is 43.2 Å². The third-order valence-corrected chi connectivity index (χ3v) is 7.35. The van der Waals surface area contributed by atoms with Gasteiger partial charge in [-0.1, -0.05) is 24.3 Å². The Kier molecular flexibility index (Phi) is 12.6. The Bertz CT molecular complexity index is 1230. The first-order valence-electron chi connectivity index (χ1n) is 14.4. The Morgan fingerprint density at radius 2 is 1.58 bits per heavy atom. The van der Waals surface area contributed by atoms with E-state index in [1.165, 1.54) is 29.2 Å². The first-order valence-corrected chi connectivity index (χ1v) is 14.4. The fraction of sp³-hybridized carbons (Fsp3) is 0.467. The second-order valence-corrected chi connectivity index (χ2v) is 10.7. The zero-order chi connectivity index (χ0) is 31.4. The number of nitrogens with two attached hydrogens (primary N) is 2. The number of aryl methyl sites for hydroxylation is 1. The molecule has 0 spiro atoms. The van der Waals surface area contributed by atoms with Gasteiger partial charge in [0.25, 0.3) is 0 Å². The molecule has 234 valence electrons. The van der Waals surface area contributed by atoms with Crippen LogP contribution in [0.3, 0.4) is 0 Å². The van der Waals surface area contributed by atoms with E-state index in [2.05, 4.69) is 15.6 Å². The van der Waals surface area contributed by atoms with Crippen molar-refractivity contribution in [2.24, 2.45) is 16.5 Å². The first kappa shape index (κ1) is 33.1. The number of hydrogen-bond acceptors (Lipinski definition) is 8. The molecule has 13 nitrogen and oxygen atoms in total. The molecule has 1 heterocycles. The van der Waals surface area contributed by atoms with Crippen LogP contribution >= 0.6 is 0 Å². The summed E-state index contributed by atoms with van der Waals surface area (Å²) in [6, 6.07) is 10.2. The van der Waals surface area contributed by atoms with Gasteiger partial charge in [0.2, 0.25) is 17.7 Å². The maximum atomic E-state index is 13.8. The average Bonchev–Trinajstić information content (AvgIpc) is 3.48. The topological polar surface area (TPSA) is 224 Å². The molecular formula is C30H42N6O7. The molecule has 43 heavy (non-hydrogen) atoms. The number of phenols is 2. The number of aliphatic hydroxyl groups excluding tert-OH is 2. The summed E-state index contributed by atoms with van der Waals surface area (Å²) in [5.74, 6) is -1.46. The van der Waals surface area contributed by atoms with Crippen molar-refractivity contribution in [3.8, 4) is 11.5 Å². The van der Waals surface area contributed by atoms with Crippen LogP contribution in [-0.2, 0) is 27.2 Å². The van der Waals surface area contributed by atoms with E-state index in [1.54, 1.807) is 24.3 Å². The lowest BCUT2D eigenvalue weighted by Crippen LogP contribution is -2.56. The highest BCUT2D eigenvalue weighted by atomic mass is 16.3. The lowest BCUT2D eigenvalue weighted by atomic mass is 10.0. The van der Waals surface area contributed by atoms with Crippen LogP contribution in [0.2, 0.25) is 0 Å². The van der Waals surface area contributed by atoms with Gasteiger partial charge in [0.1, 0.15) is 29.7 Å². The predicted molar refractivity (Wildman–Crippen MR) is 160 cm³/mol. The molecule has 4 atom stereocenters. The van der Waals surface area contributed by atoms with Crippen LogP contribution in [0.5, 0.6) is 11.5 Å². The second kappa shape index (κ2) is 16.3. The molecule has 2 aromatic carbocycles. The summed E-state index contributed by atoms with van der Waals surface area (Å²) >= 11 is 0. The SMILES string of the molecule is NC(N)=NCCCC(CO)NC(=O)C1CCCN1C(=O)[C@H](CCc1ccc(O)cc1)NC(=O)[C@H](O)Cc1ccc(O)cc1. The number of aromatic hydroxyl groups is 2. The van der Waals surface area contributed by atoms with Crippen molar-refractivity contribution in [3.05, 3.63) is 59.7 Å².